The fourth-order valence-corrected chi connectivity index (χ4v) is 8.40. The van der Waals surface area contributed by atoms with E-state index in [2.05, 4.69) is 5.32 Å². The Bertz CT molecular complexity index is 2090. The van der Waals surface area contributed by atoms with Crippen molar-refractivity contribution < 1.29 is 63.7 Å². The summed E-state index contributed by atoms with van der Waals surface area (Å²) in [6.07, 6.45) is 4.04. The van der Waals surface area contributed by atoms with E-state index < -0.39 is 101 Å². The van der Waals surface area contributed by atoms with Crippen LogP contribution in [0.1, 0.15) is 77.2 Å². The van der Waals surface area contributed by atoms with Gasteiger partial charge in [-0.1, -0.05) is 45.9 Å². The number of ketones is 1. The van der Waals surface area contributed by atoms with Gasteiger partial charge in [0.1, 0.15) is 34.7 Å². The van der Waals surface area contributed by atoms with Gasteiger partial charge in [-0.15, -0.1) is 0 Å². The number of aliphatic hydroxyl groups excluding tert-OH is 2. The number of nitrogens with one attached hydrogen (secondary N) is 1. The Hall–Kier alpha value is -5.32. The molecule has 16 nitrogen and oxygen atoms in total. The molecule has 5 bridgehead atoms. The molecule has 0 saturated carbocycles. The van der Waals surface area contributed by atoms with Crippen LogP contribution in [-0.4, -0.2) is 99.5 Å². The fraction of sp³-hybridized carbons (Fsp3) is 0.535. The van der Waals surface area contributed by atoms with Gasteiger partial charge in [0.05, 0.1) is 35.5 Å². The molecule has 0 radical (unpaired) electrons. The van der Waals surface area contributed by atoms with E-state index in [1.807, 2.05) is 0 Å². The summed E-state index contributed by atoms with van der Waals surface area (Å²) in [6, 6.07) is 0. The summed E-state index contributed by atoms with van der Waals surface area (Å²) < 4.78 is 23.6. The third kappa shape index (κ3) is 8.43. The standard InChI is InChI=1S/C43H57N3O13/c1-19-11-10-12-20(2)42(55)45-31-32(46-16-13-26(14-17-46)41(44)54)37(52)28-29(36(31)51)35(50)24(6)39-30(28)40(53)43(8,59-39)57-18-15-27(56-9)21(3)38(58-25(7)47)23(5)34(49)22(4)33(19)48/h10-12,15,18-19,21-23,26-27,33-34,38,48-52H,13-14,16-17H2,1-9H3,(H2,44,54)(H,45,55)/b11-10+,18-15+,20-12-. The molecule has 4 aliphatic rings. The number of fused-ring (bicyclic) bond motifs is 14. The Morgan fingerprint density at radius 2 is 1.58 bits per heavy atom. The molecule has 1 saturated heterocycles. The molecule has 2 amide bonds. The van der Waals surface area contributed by atoms with Crippen molar-refractivity contribution in [3.8, 4) is 23.0 Å². The number of aliphatic hydroxyl groups is 2. The number of allylic oxidation sites excluding steroid dienone is 2. The Morgan fingerprint density at radius 3 is 2.17 bits per heavy atom. The summed E-state index contributed by atoms with van der Waals surface area (Å²) in [5, 5.41) is 60.8. The Labute approximate surface area is 343 Å². The molecule has 4 heterocycles. The highest BCUT2D eigenvalue weighted by Gasteiger charge is 2.50. The van der Waals surface area contributed by atoms with E-state index in [0.29, 0.717) is 12.8 Å². The van der Waals surface area contributed by atoms with Crippen molar-refractivity contribution in [1.82, 2.24) is 0 Å². The first-order valence-corrected chi connectivity index (χ1v) is 19.8. The average Bonchev–Trinajstić information content (AvgIpc) is 3.46. The number of aromatic hydroxyl groups is 3. The van der Waals surface area contributed by atoms with E-state index in [1.54, 1.807) is 44.7 Å². The minimum Gasteiger partial charge on any atom is -0.507 e. The lowest BCUT2D eigenvalue weighted by Crippen LogP contribution is -2.46. The lowest BCUT2D eigenvalue weighted by atomic mass is 9.78. The smallest absolute Gasteiger partial charge is 0.312 e. The summed E-state index contributed by atoms with van der Waals surface area (Å²) >= 11 is 0. The topological polar surface area (TPSA) is 248 Å². The molecular weight excluding hydrogens is 766 g/mol. The molecule has 16 heteroatoms. The van der Waals surface area contributed by atoms with Crippen LogP contribution in [0, 0.1) is 36.5 Å². The Kier molecular flexibility index (Phi) is 13.3. The average molecular weight is 824 g/mol. The van der Waals surface area contributed by atoms with Crippen molar-refractivity contribution in [2.24, 2.45) is 35.3 Å². The lowest BCUT2D eigenvalue weighted by Gasteiger charge is -2.38. The second-order valence-electron chi connectivity index (χ2n) is 16.2. The van der Waals surface area contributed by atoms with Crippen LogP contribution in [0.3, 0.4) is 0 Å². The van der Waals surface area contributed by atoms with Gasteiger partial charge in [0.25, 0.3) is 11.7 Å². The number of primary amides is 1. The number of nitrogens with two attached hydrogens (primary N) is 1. The molecule has 0 spiro atoms. The molecule has 59 heavy (non-hydrogen) atoms. The zero-order chi connectivity index (χ0) is 43.8. The number of Topliss-reactive ketones (excluding diaryl/α,β-unsaturated/α-hetero) is 1. The van der Waals surface area contributed by atoms with Crippen LogP contribution in [0.2, 0.25) is 0 Å². The number of hydrogen-bond donors (Lipinski definition) is 7. The SMILES string of the molecule is COC1/C=C/OC2(C)Oc3c(C)c(O)c4c(O)c(c(N5CCC(C(N)=O)CC5)c(O)c4c3C2=O)NC(=O)/C(C)=C\C=C\C(C)C(O)C(C)C(O)C(C)C(OC(C)=O)C1C. The second-order valence-corrected chi connectivity index (χ2v) is 16.2. The molecule has 2 aromatic carbocycles. The number of nitrogens with zero attached hydrogens (tertiary/aromatic N) is 1. The van der Waals surface area contributed by atoms with E-state index in [1.165, 1.54) is 53.2 Å². The molecule has 9 unspecified atom stereocenters. The van der Waals surface area contributed by atoms with Crippen LogP contribution in [0.25, 0.3) is 10.8 Å². The van der Waals surface area contributed by atoms with Gasteiger partial charge in [-0.3, -0.25) is 19.2 Å². The third-order valence-corrected chi connectivity index (χ3v) is 12.2. The van der Waals surface area contributed by atoms with Crippen molar-refractivity contribution in [1.29, 1.82) is 0 Å². The zero-order valence-corrected chi connectivity index (χ0v) is 34.9. The number of carbonyl (C=O) groups is 4. The van der Waals surface area contributed by atoms with Gasteiger partial charge in [0, 0.05) is 80.2 Å². The predicted molar refractivity (Wildman–Crippen MR) is 218 cm³/mol. The first kappa shape index (κ1) is 44.8. The van der Waals surface area contributed by atoms with Crippen molar-refractivity contribution in [3.63, 3.8) is 0 Å². The van der Waals surface area contributed by atoms with E-state index >= 15 is 0 Å². The Balaban J connectivity index is 1.72. The molecule has 6 rings (SSSR count). The van der Waals surface area contributed by atoms with Crippen LogP contribution < -0.4 is 20.7 Å². The minimum absolute atomic E-state index is 0.0385. The summed E-state index contributed by atoms with van der Waals surface area (Å²) in [5.41, 5.74) is 5.28. The largest absolute Gasteiger partial charge is 0.507 e. The molecule has 1 fully saturated rings. The van der Waals surface area contributed by atoms with E-state index in [-0.39, 0.29) is 57.7 Å². The zero-order valence-electron chi connectivity index (χ0n) is 34.9. The van der Waals surface area contributed by atoms with Crippen LogP contribution in [-0.2, 0) is 28.6 Å². The normalized spacial score (nSPS) is 31.8. The van der Waals surface area contributed by atoms with Crippen molar-refractivity contribution in [3.05, 3.63) is 47.3 Å². The summed E-state index contributed by atoms with van der Waals surface area (Å²) in [6.45, 7) is 12.8. The van der Waals surface area contributed by atoms with Gasteiger partial charge in [-0.25, -0.2) is 0 Å². The molecule has 0 aromatic heterocycles. The predicted octanol–water partition coefficient (Wildman–Crippen LogP) is 4.46. The van der Waals surface area contributed by atoms with Crippen molar-refractivity contribution in [2.45, 2.75) is 98.4 Å². The van der Waals surface area contributed by atoms with Gasteiger partial charge in [-0.2, -0.15) is 0 Å². The number of phenols is 3. The number of piperidine rings is 1. The maximum absolute atomic E-state index is 14.5. The molecule has 2 aromatic rings. The first-order chi connectivity index (χ1) is 27.7. The molecule has 0 aliphatic carbocycles. The number of carbonyl (C=O) groups excluding carboxylic acids is 4. The Morgan fingerprint density at radius 1 is 0.932 bits per heavy atom. The molecule has 4 aliphatic heterocycles. The van der Waals surface area contributed by atoms with E-state index in [4.69, 9.17) is 24.7 Å². The number of phenolic OH excluding ortho intramolecular Hbond substituents is 3. The number of benzene rings is 2. The highest BCUT2D eigenvalue weighted by molar-refractivity contribution is 6.23. The van der Waals surface area contributed by atoms with Gasteiger partial charge in [-0.05, 0) is 32.8 Å². The summed E-state index contributed by atoms with van der Waals surface area (Å²) in [4.78, 5) is 54.3. The number of anilines is 2. The quantitative estimate of drug-likeness (QED) is 0.128. The monoisotopic (exact) mass is 823 g/mol. The van der Waals surface area contributed by atoms with E-state index in [9.17, 15) is 44.7 Å². The lowest BCUT2D eigenvalue weighted by molar-refractivity contribution is -0.160. The maximum Gasteiger partial charge on any atom is 0.312 e. The van der Waals surface area contributed by atoms with E-state index in [0.717, 1.165) is 0 Å². The summed E-state index contributed by atoms with van der Waals surface area (Å²) in [7, 11) is 1.43. The van der Waals surface area contributed by atoms with Gasteiger partial charge in [0.15, 0.2) is 5.75 Å². The van der Waals surface area contributed by atoms with Crippen LogP contribution >= 0.6 is 0 Å². The number of esters is 1. The first-order valence-electron chi connectivity index (χ1n) is 19.8. The highest BCUT2D eigenvalue weighted by Crippen LogP contribution is 2.58. The fourth-order valence-electron chi connectivity index (χ4n) is 8.40. The number of rotatable bonds is 4. The third-order valence-electron chi connectivity index (χ3n) is 12.2. The molecule has 8 N–H and O–H groups in total. The van der Waals surface area contributed by atoms with Gasteiger partial charge >= 0.3 is 11.8 Å². The summed E-state index contributed by atoms with van der Waals surface area (Å²) in [5.74, 6) is -9.42. The molecule has 9 atom stereocenters. The van der Waals surface area contributed by atoms with Crippen LogP contribution in [0.5, 0.6) is 23.0 Å². The minimum atomic E-state index is -2.06. The maximum atomic E-state index is 14.5. The van der Waals surface area contributed by atoms with Crippen molar-refractivity contribution >= 4 is 45.7 Å². The van der Waals surface area contributed by atoms with Crippen molar-refractivity contribution in [2.75, 3.05) is 30.4 Å². The highest BCUT2D eigenvalue weighted by atomic mass is 16.7. The number of amides is 2. The molecular formula is C43H57N3O13. The number of ether oxygens (including phenoxy) is 4. The van der Waals surface area contributed by atoms with Crippen LogP contribution in [0.4, 0.5) is 11.4 Å². The van der Waals surface area contributed by atoms with Gasteiger partial charge < -0.3 is 60.4 Å². The number of methoxy groups -OCH3 is 1. The molecule has 322 valence electrons. The number of hydrogen-bond acceptors (Lipinski definition) is 14. The second kappa shape index (κ2) is 17.5. The van der Waals surface area contributed by atoms with Crippen LogP contribution in [0.15, 0.2) is 36.1 Å². The van der Waals surface area contributed by atoms with Gasteiger partial charge in [0.2, 0.25) is 5.91 Å².